The zero-order valence-electron chi connectivity index (χ0n) is 14.8. The molecule has 0 fully saturated rings. The lowest BCUT2D eigenvalue weighted by atomic mass is 10.1. The highest BCUT2D eigenvalue weighted by molar-refractivity contribution is 6.44. The Morgan fingerprint density at radius 2 is 1.96 bits per heavy atom. The number of hydrazone groups is 1. The Hall–Kier alpha value is -2.96. The maximum Gasteiger partial charge on any atom is 0.271 e. The molecular formula is C18H21N5O2. The Balaban J connectivity index is 1.87. The van der Waals surface area contributed by atoms with Crippen LogP contribution in [0.25, 0.3) is 0 Å². The predicted molar refractivity (Wildman–Crippen MR) is 96.6 cm³/mol. The fourth-order valence-corrected chi connectivity index (χ4v) is 2.82. The van der Waals surface area contributed by atoms with Crippen LogP contribution in [0.3, 0.4) is 0 Å². The van der Waals surface area contributed by atoms with Crippen molar-refractivity contribution in [3.63, 3.8) is 0 Å². The van der Waals surface area contributed by atoms with Crippen molar-refractivity contribution in [1.29, 1.82) is 0 Å². The standard InChI is InChI=1S/C18H21N5O2/c1-11-6-5-7-14(10-11)23-16(24)9-8-15(21-23)18(25)19-17-12(2)20-22(4)13(17)3/h5-7,10H,8-9H2,1-4H3,(H,19,25). The average Bonchev–Trinajstić information content (AvgIpc) is 2.81. The highest BCUT2D eigenvalue weighted by atomic mass is 16.2. The molecule has 0 radical (unpaired) electrons. The third-order valence-corrected chi connectivity index (χ3v) is 4.29. The lowest BCUT2D eigenvalue weighted by Crippen LogP contribution is -2.36. The maximum absolute atomic E-state index is 12.6. The number of hydrogen-bond donors (Lipinski definition) is 1. The van der Waals surface area contributed by atoms with Gasteiger partial charge in [-0.05, 0) is 38.5 Å². The fourth-order valence-electron chi connectivity index (χ4n) is 2.82. The second-order valence-electron chi connectivity index (χ2n) is 6.21. The second-order valence-corrected chi connectivity index (χ2v) is 6.21. The van der Waals surface area contributed by atoms with Crippen molar-refractivity contribution in [2.45, 2.75) is 33.6 Å². The van der Waals surface area contributed by atoms with Crippen LogP contribution >= 0.6 is 0 Å². The van der Waals surface area contributed by atoms with Crippen LogP contribution in [0.4, 0.5) is 11.4 Å². The smallest absolute Gasteiger partial charge is 0.271 e. The summed E-state index contributed by atoms with van der Waals surface area (Å²) in [5.41, 5.74) is 4.34. The molecule has 130 valence electrons. The number of carbonyl (C=O) groups is 2. The number of nitrogens with one attached hydrogen (secondary N) is 1. The Bertz CT molecular complexity index is 882. The molecule has 7 heteroatoms. The molecule has 0 saturated heterocycles. The number of aryl methyl sites for hydroxylation is 3. The number of anilines is 2. The third kappa shape index (κ3) is 3.31. The minimum Gasteiger partial charge on any atom is -0.318 e. The van der Waals surface area contributed by atoms with E-state index in [0.717, 1.165) is 17.0 Å². The van der Waals surface area contributed by atoms with E-state index >= 15 is 0 Å². The molecule has 1 aliphatic rings. The summed E-state index contributed by atoms with van der Waals surface area (Å²) in [6.45, 7) is 5.68. The van der Waals surface area contributed by atoms with Crippen LogP contribution in [-0.2, 0) is 16.6 Å². The topological polar surface area (TPSA) is 79.6 Å². The van der Waals surface area contributed by atoms with Gasteiger partial charge >= 0.3 is 0 Å². The van der Waals surface area contributed by atoms with Crippen LogP contribution in [0.15, 0.2) is 29.4 Å². The van der Waals surface area contributed by atoms with E-state index in [1.165, 1.54) is 5.01 Å². The molecule has 1 aromatic carbocycles. The van der Waals surface area contributed by atoms with Gasteiger partial charge in [0.25, 0.3) is 5.91 Å². The normalized spacial score (nSPS) is 14.5. The van der Waals surface area contributed by atoms with Crippen molar-refractivity contribution in [1.82, 2.24) is 9.78 Å². The van der Waals surface area contributed by atoms with Gasteiger partial charge in [-0.3, -0.25) is 14.3 Å². The summed E-state index contributed by atoms with van der Waals surface area (Å²) < 4.78 is 1.72. The molecule has 0 atom stereocenters. The molecular weight excluding hydrogens is 318 g/mol. The van der Waals surface area contributed by atoms with Gasteiger partial charge in [0.15, 0.2) is 0 Å². The average molecular weight is 339 g/mol. The zero-order chi connectivity index (χ0) is 18.1. The molecule has 0 bridgehead atoms. The first kappa shape index (κ1) is 16.9. The predicted octanol–water partition coefficient (Wildman–Crippen LogP) is 2.47. The van der Waals surface area contributed by atoms with Crippen LogP contribution in [0.5, 0.6) is 0 Å². The summed E-state index contributed by atoms with van der Waals surface area (Å²) >= 11 is 0. The van der Waals surface area contributed by atoms with Gasteiger partial charge in [-0.2, -0.15) is 10.2 Å². The summed E-state index contributed by atoms with van der Waals surface area (Å²) in [6, 6.07) is 7.50. The molecule has 25 heavy (non-hydrogen) atoms. The van der Waals surface area contributed by atoms with Gasteiger partial charge in [-0.25, -0.2) is 5.01 Å². The minimum atomic E-state index is -0.302. The summed E-state index contributed by atoms with van der Waals surface area (Å²) in [5.74, 6) is -0.416. The number of rotatable bonds is 3. The van der Waals surface area contributed by atoms with E-state index in [1.807, 2.05) is 52.1 Å². The Morgan fingerprint density at radius 3 is 2.60 bits per heavy atom. The maximum atomic E-state index is 12.6. The molecule has 2 aromatic rings. The lowest BCUT2D eigenvalue weighted by Gasteiger charge is -2.23. The first-order valence-electron chi connectivity index (χ1n) is 8.15. The van der Waals surface area contributed by atoms with Gasteiger partial charge in [-0.15, -0.1) is 0 Å². The molecule has 1 N–H and O–H groups in total. The summed E-state index contributed by atoms with van der Waals surface area (Å²) in [7, 11) is 1.83. The molecule has 2 amide bonds. The molecule has 3 rings (SSSR count). The Morgan fingerprint density at radius 1 is 1.20 bits per heavy atom. The summed E-state index contributed by atoms with van der Waals surface area (Å²) in [5, 5.41) is 12.8. The largest absolute Gasteiger partial charge is 0.318 e. The molecule has 0 aliphatic carbocycles. The molecule has 0 saturated carbocycles. The summed E-state index contributed by atoms with van der Waals surface area (Å²) in [6.07, 6.45) is 0.580. The van der Waals surface area contributed by atoms with Gasteiger partial charge in [0.2, 0.25) is 5.91 Å². The minimum absolute atomic E-state index is 0.115. The highest BCUT2D eigenvalue weighted by Gasteiger charge is 2.26. The molecule has 0 unspecified atom stereocenters. The van der Waals surface area contributed by atoms with Crippen molar-refractivity contribution in [3.05, 3.63) is 41.2 Å². The number of nitrogens with zero attached hydrogens (tertiary/aromatic N) is 4. The number of carbonyl (C=O) groups excluding carboxylic acids is 2. The van der Waals surface area contributed by atoms with E-state index in [2.05, 4.69) is 15.5 Å². The van der Waals surface area contributed by atoms with Crippen molar-refractivity contribution < 1.29 is 9.59 Å². The Kier molecular flexibility index (Phi) is 4.39. The quantitative estimate of drug-likeness (QED) is 0.933. The zero-order valence-corrected chi connectivity index (χ0v) is 14.8. The fraction of sp³-hybridized carbons (Fsp3) is 0.333. The van der Waals surface area contributed by atoms with Crippen molar-refractivity contribution in [3.8, 4) is 0 Å². The van der Waals surface area contributed by atoms with Crippen LogP contribution < -0.4 is 10.3 Å². The molecule has 0 spiro atoms. The third-order valence-electron chi connectivity index (χ3n) is 4.29. The second kappa shape index (κ2) is 6.51. The summed E-state index contributed by atoms with van der Waals surface area (Å²) in [4.78, 5) is 24.8. The van der Waals surface area contributed by atoms with Crippen molar-refractivity contribution in [2.24, 2.45) is 12.1 Å². The van der Waals surface area contributed by atoms with Gasteiger partial charge in [0.05, 0.1) is 22.8 Å². The molecule has 2 heterocycles. The van der Waals surface area contributed by atoms with Gasteiger partial charge in [0, 0.05) is 19.9 Å². The van der Waals surface area contributed by atoms with E-state index in [4.69, 9.17) is 0 Å². The van der Waals surface area contributed by atoms with E-state index in [9.17, 15) is 9.59 Å². The molecule has 1 aliphatic heterocycles. The number of aromatic nitrogens is 2. The van der Waals surface area contributed by atoms with E-state index in [1.54, 1.807) is 4.68 Å². The monoisotopic (exact) mass is 339 g/mol. The van der Waals surface area contributed by atoms with Gasteiger partial charge in [0.1, 0.15) is 5.71 Å². The van der Waals surface area contributed by atoms with Crippen molar-refractivity contribution >= 4 is 28.9 Å². The first-order chi connectivity index (χ1) is 11.9. The molecule has 7 nitrogen and oxygen atoms in total. The lowest BCUT2D eigenvalue weighted by molar-refractivity contribution is -0.118. The highest BCUT2D eigenvalue weighted by Crippen LogP contribution is 2.23. The van der Waals surface area contributed by atoms with E-state index in [0.29, 0.717) is 23.5 Å². The SMILES string of the molecule is Cc1cccc(N2N=C(C(=O)Nc3c(C)nn(C)c3C)CCC2=O)c1. The van der Waals surface area contributed by atoms with Crippen LogP contribution in [0.2, 0.25) is 0 Å². The van der Waals surface area contributed by atoms with Crippen LogP contribution in [0.1, 0.15) is 29.8 Å². The number of hydrogen-bond acceptors (Lipinski definition) is 4. The van der Waals surface area contributed by atoms with Gasteiger partial charge < -0.3 is 5.32 Å². The van der Waals surface area contributed by atoms with E-state index < -0.39 is 0 Å². The number of amides is 2. The van der Waals surface area contributed by atoms with Crippen molar-refractivity contribution in [2.75, 3.05) is 10.3 Å². The van der Waals surface area contributed by atoms with Crippen LogP contribution in [-0.4, -0.2) is 27.3 Å². The number of benzene rings is 1. The molecule has 1 aromatic heterocycles. The van der Waals surface area contributed by atoms with Crippen LogP contribution in [0, 0.1) is 20.8 Å². The Labute approximate surface area is 146 Å². The van der Waals surface area contributed by atoms with E-state index in [-0.39, 0.29) is 18.2 Å². The first-order valence-corrected chi connectivity index (χ1v) is 8.15. The van der Waals surface area contributed by atoms with Gasteiger partial charge in [-0.1, -0.05) is 12.1 Å².